The van der Waals surface area contributed by atoms with E-state index in [0.717, 1.165) is 19.4 Å². The summed E-state index contributed by atoms with van der Waals surface area (Å²) in [4.78, 5) is 47.6. The number of carbonyl (C=O) groups excluding carboxylic acids is 3. The second-order valence-electron chi connectivity index (χ2n) is 10.9. The minimum Gasteiger partial charge on any atom is -0.481 e. The molecule has 1 saturated heterocycles. The van der Waals surface area contributed by atoms with E-state index in [9.17, 15) is 24.3 Å². The third kappa shape index (κ3) is 8.81. The molecule has 0 saturated carbocycles. The number of carbonyl (C=O) groups is 4. The van der Waals surface area contributed by atoms with Crippen molar-refractivity contribution >= 4 is 38.0 Å². The fourth-order valence-electron chi connectivity index (χ4n) is 3.71. The van der Waals surface area contributed by atoms with E-state index in [0.29, 0.717) is 12.3 Å². The molecule has 38 heavy (non-hydrogen) atoms. The van der Waals surface area contributed by atoms with Crippen LogP contribution in [-0.2, 0) is 44.4 Å². The number of esters is 2. The van der Waals surface area contributed by atoms with Crippen LogP contribution in [-0.4, -0.2) is 62.0 Å². The molecule has 0 aromatic heterocycles. The topological polar surface area (TPSA) is 147 Å². The number of hydrogen-bond acceptors (Lipinski definition) is 9. The zero-order chi connectivity index (χ0) is 28.8. The highest BCUT2D eigenvalue weighted by atomic mass is 28.4. The smallest absolute Gasteiger partial charge is 0.414 e. The summed E-state index contributed by atoms with van der Waals surface area (Å²) in [5.41, 5.74) is 1.39. The van der Waals surface area contributed by atoms with Gasteiger partial charge >= 0.3 is 24.0 Å². The number of amides is 1. The van der Waals surface area contributed by atoms with Gasteiger partial charge in [-0.25, -0.2) is 4.79 Å². The molecule has 1 amide bonds. The van der Waals surface area contributed by atoms with Gasteiger partial charge in [-0.3, -0.25) is 19.7 Å². The molecular formula is C26H39NO10Si. The molecule has 1 aliphatic rings. The van der Waals surface area contributed by atoms with E-state index >= 15 is 0 Å². The van der Waals surface area contributed by atoms with Crippen LogP contribution in [0.5, 0.6) is 0 Å². The SMILES string of the molecule is CC(=O)O[C@@H]1[C@H](OC(=O)Nc2ccc(CO[Si](C)(C)C(C)(C)C)cc2)O[C@@H](C)[C@@H](CC(=O)O)[C@H]1OC(C)=O. The fraction of sp³-hybridized carbons (Fsp3) is 0.615. The van der Waals surface area contributed by atoms with Gasteiger partial charge in [0.2, 0.25) is 12.4 Å². The predicted molar refractivity (Wildman–Crippen MR) is 140 cm³/mol. The Morgan fingerprint density at radius 1 is 0.974 bits per heavy atom. The van der Waals surface area contributed by atoms with E-state index in [-0.39, 0.29) is 5.04 Å². The third-order valence-corrected chi connectivity index (χ3v) is 11.3. The van der Waals surface area contributed by atoms with E-state index in [1.54, 1.807) is 19.1 Å². The van der Waals surface area contributed by atoms with Crippen molar-refractivity contribution in [3.05, 3.63) is 29.8 Å². The molecule has 0 aliphatic carbocycles. The zero-order valence-electron chi connectivity index (χ0n) is 23.2. The average Bonchev–Trinajstić information content (AvgIpc) is 2.77. The molecule has 1 aromatic carbocycles. The first-order chi connectivity index (χ1) is 17.5. The van der Waals surface area contributed by atoms with Crippen molar-refractivity contribution in [1.82, 2.24) is 0 Å². The summed E-state index contributed by atoms with van der Waals surface area (Å²) in [6.45, 7) is 15.1. The number of carboxylic acids is 1. The average molecular weight is 554 g/mol. The zero-order valence-corrected chi connectivity index (χ0v) is 24.2. The van der Waals surface area contributed by atoms with Gasteiger partial charge in [-0.05, 0) is 42.8 Å². The lowest BCUT2D eigenvalue weighted by atomic mass is 9.86. The molecule has 2 N–H and O–H groups in total. The van der Waals surface area contributed by atoms with Gasteiger partial charge in [0, 0.05) is 25.5 Å². The van der Waals surface area contributed by atoms with Crippen LogP contribution in [0.4, 0.5) is 10.5 Å². The maximum absolute atomic E-state index is 12.7. The van der Waals surface area contributed by atoms with Crippen molar-refractivity contribution < 1.29 is 47.7 Å². The Morgan fingerprint density at radius 3 is 2.03 bits per heavy atom. The van der Waals surface area contributed by atoms with Crippen LogP contribution in [0.15, 0.2) is 24.3 Å². The Morgan fingerprint density at radius 2 is 1.53 bits per heavy atom. The lowest BCUT2D eigenvalue weighted by Crippen LogP contribution is -2.58. The highest BCUT2D eigenvalue weighted by Crippen LogP contribution is 2.37. The normalized spacial score (nSPS) is 23.7. The number of nitrogens with one attached hydrogen (secondary N) is 1. The van der Waals surface area contributed by atoms with Crippen LogP contribution < -0.4 is 5.32 Å². The number of benzene rings is 1. The Kier molecular flexibility index (Phi) is 10.5. The van der Waals surface area contributed by atoms with Gasteiger partial charge in [-0.2, -0.15) is 0 Å². The first-order valence-corrected chi connectivity index (χ1v) is 15.3. The highest BCUT2D eigenvalue weighted by molar-refractivity contribution is 6.74. The van der Waals surface area contributed by atoms with Crippen LogP contribution in [0, 0.1) is 5.92 Å². The Balaban J connectivity index is 2.11. The monoisotopic (exact) mass is 553 g/mol. The quantitative estimate of drug-likeness (QED) is 0.255. The van der Waals surface area contributed by atoms with E-state index < -0.39 is 69.3 Å². The van der Waals surface area contributed by atoms with Gasteiger partial charge < -0.3 is 28.5 Å². The molecule has 0 unspecified atom stereocenters. The third-order valence-electron chi connectivity index (χ3n) is 6.81. The molecular weight excluding hydrogens is 514 g/mol. The van der Waals surface area contributed by atoms with Crippen molar-refractivity contribution in [1.29, 1.82) is 0 Å². The number of hydrogen-bond donors (Lipinski definition) is 2. The molecule has 5 atom stereocenters. The first-order valence-electron chi connectivity index (χ1n) is 12.4. The maximum atomic E-state index is 12.7. The molecule has 1 heterocycles. The van der Waals surface area contributed by atoms with Gasteiger partial charge in [-0.15, -0.1) is 0 Å². The number of ether oxygens (including phenoxy) is 4. The Bertz CT molecular complexity index is 1000. The van der Waals surface area contributed by atoms with Crippen LogP contribution >= 0.6 is 0 Å². The van der Waals surface area contributed by atoms with Crippen LogP contribution in [0.1, 0.15) is 53.5 Å². The largest absolute Gasteiger partial charge is 0.481 e. The van der Waals surface area contributed by atoms with Crippen molar-refractivity contribution in [3.8, 4) is 0 Å². The standard InChI is InChI=1S/C26H39NO10Si/c1-15-20(13-21(30)31)22(35-16(2)28)23(36-17(3)29)24(34-15)37-25(32)27-19-11-9-18(10-12-19)14-33-38(7,8)26(4,5)6/h9-12,15,20,22-24H,13-14H2,1-8H3,(H,27,32)(H,30,31)/t15-,20+,22+,23-,24-/m0/s1. The molecule has 0 bridgehead atoms. The van der Waals surface area contributed by atoms with Crippen molar-refractivity contribution in [2.75, 3.05) is 5.32 Å². The Hall–Kier alpha value is -2.96. The molecule has 1 fully saturated rings. The number of anilines is 1. The van der Waals surface area contributed by atoms with Crippen LogP contribution in [0.2, 0.25) is 18.1 Å². The van der Waals surface area contributed by atoms with Crippen molar-refractivity contribution in [3.63, 3.8) is 0 Å². The molecule has 1 aromatic rings. The lowest BCUT2D eigenvalue weighted by molar-refractivity contribution is -0.272. The van der Waals surface area contributed by atoms with Gasteiger partial charge in [-0.1, -0.05) is 32.9 Å². The van der Waals surface area contributed by atoms with Gasteiger partial charge in [0.25, 0.3) is 0 Å². The van der Waals surface area contributed by atoms with Crippen molar-refractivity contribution in [2.24, 2.45) is 5.92 Å². The summed E-state index contributed by atoms with van der Waals surface area (Å²) in [7, 11) is -1.91. The number of rotatable bonds is 9. The Labute approximate surface area is 224 Å². The van der Waals surface area contributed by atoms with Crippen LogP contribution in [0.25, 0.3) is 0 Å². The second-order valence-corrected chi connectivity index (χ2v) is 15.7. The minimum absolute atomic E-state index is 0.0863. The van der Waals surface area contributed by atoms with Crippen LogP contribution in [0.3, 0.4) is 0 Å². The van der Waals surface area contributed by atoms with Gasteiger partial charge in [0.15, 0.2) is 14.4 Å². The predicted octanol–water partition coefficient (Wildman–Crippen LogP) is 4.46. The molecule has 11 nitrogen and oxygen atoms in total. The fourth-order valence-corrected chi connectivity index (χ4v) is 4.67. The highest BCUT2D eigenvalue weighted by Gasteiger charge is 2.50. The number of carboxylic acid groups (broad SMARTS) is 1. The molecule has 2 rings (SSSR count). The lowest BCUT2D eigenvalue weighted by Gasteiger charge is -2.43. The summed E-state index contributed by atoms with van der Waals surface area (Å²) in [5, 5.41) is 12.0. The maximum Gasteiger partial charge on any atom is 0.414 e. The van der Waals surface area contributed by atoms with Gasteiger partial charge in [0.05, 0.1) is 19.1 Å². The van der Waals surface area contributed by atoms with Gasteiger partial charge in [0.1, 0.15) is 0 Å². The van der Waals surface area contributed by atoms with E-state index in [1.165, 1.54) is 0 Å². The van der Waals surface area contributed by atoms with E-state index in [2.05, 4.69) is 39.2 Å². The molecule has 0 spiro atoms. The summed E-state index contributed by atoms with van der Waals surface area (Å²) in [6.07, 6.45) is -6.11. The first kappa shape index (κ1) is 31.3. The van der Waals surface area contributed by atoms with E-state index in [4.69, 9.17) is 23.4 Å². The second kappa shape index (κ2) is 12.7. The summed E-state index contributed by atoms with van der Waals surface area (Å²) in [5.74, 6) is -3.45. The molecule has 12 heteroatoms. The molecule has 1 aliphatic heterocycles. The summed E-state index contributed by atoms with van der Waals surface area (Å²) < 4.78 is 27.9. The number of aliphatic carboxylic acids is 1. The van der Waals surface area contributed by atoms with E-state index in [1.807, 2.05) is 12.1 Å². The minimum atomic E-state index is -1.91. The van der Waals surface area contributed by atoms with Crippen molar-refractivity contribution in [2.45, 2.75) is 97.3 Å². The summed E-state index contributed by atoms with van der Waals surface area (Å²) in [6, 6.07) is 7.06. The molecule has 0 radical (unpaired) electrons. The summed E-state index contributed by atoms with van der Waals surface area (Å²) >= 11 is 0. The molecule has 212 valence electrons.